The van der Waals surface area contributed by atoms with E-state index in [1.54, 1.807) is 6.08 Å². The Bertz CT molecular complexity index is 418. The first-order valence-electron chi connectivity index (χ1n) is 5.77. The van der Waals surface area contributed by atoms with E-state index in [9.17, 15) is 4.79 Å². The Hall–Kier alpha value is -1.57. The summed E-state index contributed by atoms with van der Waals surface area (Å²) in [7, 11) is 0. The Morgan fingerprint density at radius 3 is 2.81 bits per heavy atom. The van der Waals surface area contributed by atoms with Crippen molar-refractivity contribution in [2.24, 2.45) is 0 Å². The summed E-state index contributed by atoms with van der Waals surface area (Å²) in [5, 5.41) is 0. The number of ether oxygens (including phenoxy) is 1. The van der Waals surface area contributed by atoms with Gasteiger partial charge in [0.15, 0.2) is 5.78 Å². The van der Waals surface area contributed by atoms with E-state index in [0.29, 0.717) is 13.0 Å². The second kappa shape index (κ2) is 4.97. The topological polar surface area (TPSA) is 26.3 Å². The Morgan fingerprint density at radius 2 is 2.06 bits per heavy atom. The van der Waals surface area contributed by atoms with Crippen molar-refractivity contribution in [3.63, 3.8) is 0 Å². The van der Waals surface area contributed by atoms with Crippen molar-refractivity contribution in [3.05, 3.63) is 35.9 Å². The lowest BCUT2D eigenvalue weighted by Gasteiger charge is -2.15. The van der Waals surface area contributed by atoms with Crippen LogP contribution in [-0.2, 0) is 4.79 Å². The van der Waals surface area contributed by atoms with Crippen LogP contribution < -0.4 is 4.74 Å². The summed E-state index contributed by atoms with van der Waals surface area (Å²) in [5.74, 6) is 1.11. The molecule has 0 aromatic heterocycles. The molecule has 0 unspecified atom stereocenters. The number of ketones is 1. The minimum absolute atomic E-state index is 0.229. The molecule has 0 saturated heterocycles. The summed E-state index contributed by atoms with van der Waals surface area (Å²) in [6.07, 6.45) is 4.36. The minimum Gasteiger partial charge on any atom is -0.493 e. The molecule has 0 radical (unpaired) electrons. The molecule has 84 valence electrons. The molecule has 2 nitrogen and oxygen atoms in total. The molecule has 1 aliphatic carbocycles. The molecular weight excluding hydrogens is 200 g/mol. The molecule has 2 heteroatoms. The van der Waals surface area contributed by atoms with Crippen molar-refractivity contribution >= 4 is 11.4 Å². The third-order valence-electron chi connectivity index (χ3n) is 2.74. The van der Waals surface area contributed by atoms with Crippen molar-refractivity contribution in [1.29, 1.82) is 0 Å². The first-order valence-corrected chi connectivity index (χ1v) is 5.77. The molecule has 1 aliphatic rings. The SMILES string of the molecule is CCOc1ccccc1C1=CC(=O)CCC1. The van der Waals surface area contributed by atoms with Gasteiger partial charge in [-0.15, -0.1) is 0 Å². The molecule has 0 N–H and O–H groups in total. The molecule has 0 amide bonds. The monoisotopic (exact) mass is 216 g/mol. The zero-order chi connectivity index (χ0) is 11.4. The van der Waals surface area contributed by atoms with Gasteiger partial charge in [-0.25, -0.2) is 0 Å². The summed E-state index contributed by atoms with van der Waals surface area (Å²) in [5.41, 5.74) is 2.18. The summed E-state index contributed by atoms with van der Waals surface area (Å²) < 4.78 is 5.57. The molecule has 2 rings (SSSR count). The average Bonchev–Trinajstić information content (AvgIpc) is 2.30. The van der Waals surface area contributed by atoms with E-state index in [0.717, 1.165) is 29.7 Å². The van der Waals surface area contributed by atoms with Crippen LogP contribution in [-0.4, -0.2) is 12.4 Å². The molecule has 0 spiro atoms. The van der Waals surface area contributed by atoms with E-state index < -0.39 is 0 Å². The molecule has 0 saturated carbocycles. The van der Waals surface area contributed by atoms with Crippen molar-refractivity contribution in [1.82, 2.24) is 0 Å². The molecule has 0 heterocycles. The zero-order valence-electron chi connectivity index (χ0n) is 9.53. The van der Waals surface area contributed by atoms with Gasteiger partial charge in [-0.2, -0.15) is 0 Å². The van der Waals surface area contributed by atoms with E-state index >= 15 is 0 Å². The number of benzene rings is 1. The highest BCUT2D eigenvalue weighted by Gasteiger charge is 2.14. The lowest BCUT2D eigenvalue weighted by Crippen LogP contribution is -2.03. The second-order valence-corrected chi connectivity index (χ2v) is 3.92. The van der Waals surface area contributed by atoms with Crippen LogP contribution in [0.2, 0.25) is 0 Å². The van der Waals surface area contributed by atoms with Crippen molar-refractivity contribution in [2.75, 3.05) is 6.61 Å². The number of hydrogen-bond donors (Lipinski definition) is 0. The van der Waals surface area contributed by atoms with E-state index in [2.05, 4.69) is 0 Å². The quantitative estimate of drug-likeness (QED) is 0.775. The van der Waals surface area contributed by atoms with Crippen molar-refractivity contribution in [3.8, 4) is 5.75 Å². The normalized spacial score (nSPS) is 15.8. The molecular formula is C14H16O2. The van der Waals surface area contributed by atoms with Crippen LogP contribution in [0.15, 0.2) is 30.3 Å². The lowest BCUT2D eigenvalue weighted by molar-refractivity contribution is -0.114. The van der Waals surface area contributed by atoms with E-state index in [4.69, 9.17) is 4.74 Å². The molecule has 0 fully saturated rings. The van der Waals surface area contributed by atoms with Crippen LogP contribution in [0.25, 0.3) is 5.57 Å². The van der Waals surface area contributed by atoms with Gasteiger partial charge in [0.1, 0.15) is 5.75 Å². The second-order valence-electron chi connectivity index (χ2n) is 3.92. The van der Waals surface area contributed by atoms with Crippen LogP contribution in [0.5, 0.6) is 5.75 Å². The van der Waals surface area contributed by atoms with Crippen LogP contribution in [0.4, 0.5) is 0 Å². The number of carbonyl (C=O) groups excluding carboxylic acids is 1. The maximum absolute atomic E-state index is 11.4. The molecule has 1 aromatic rings. The minimum atomic E-state index is 0.229. The maximum Gasteiger partial charge on any atom is 0.155 e. The lowest BCUT2D eigenvalue weighted by atomic mass is 9.92. The van der Waals surface area contributed by atoms with E-state index in [-0.39, 0.29) is 5.78 Å². The summed E-state index contributed by atoms with van der Waals surface area (Å²) >= 11 is 0. The standard InChI is InChI=1S/C14H16O2/c1-2-16-14-9-4-3-8-13(14)11-6-5-7-12(15)10-11/h3-4,8-10H,2,5-7H2,1H3. The summed E-state index contributed by atoms with van der Waals surface area (Å²) in [6, 6.07) is 7.92. The summed E-state index contributed by atoms with van der Waals surface area (Å²) in [6.45, 7) is 2.62. The van der Waals surface area contributed by atoms with Gasteiger partial charge in [-0.1, -0.05) is 18.2 Å². The number of carbonyl (C=O) groups is 1. The molecule has 0 bridgehead atoms. The highest BCUT2D eigenvalue weighted by Crippen LogP contribution is 2.31. The Balaban J connectivity index is 2.35. The molecule has 1 aromatic carbocycles. The van der Waals surface area contributed by atoms with Crippen LogP contribution in [0.1, 0.15) is 31.7 Å². The van der Waals surface area contributed by atoms with Gasteiger partial charge < -0.3 is 4.74 Å². The fourth-order valence-electron chi connectivity index (χ4n) is 2.02. The van der Waals surface area contributed by atoms with Crippen molar-refractivity contribution in [2.45, 2.75) is 26.2 Å². The Labute approximate surface area is 95.9 Å². The predicted molar refractivity (Wildman–Crippen MR) is 64.4 cm³/mol. The first-order chi connectivity index (χ1) is 7.81. The van der Waals surface area contributed by atoms with Crippen LogP contribution >= 0.6 is 0 Å². The van der Waals surface area contributed by atoms with Gasteiger partial charge in [0.2, 0.25) is 0 Å². The van der Waals surface area contributed by atoms with Crippen molar-refractivity contribution < 1.29 is 9.53 Å². The third-order valence-corrected chi connectivity index (χ3v) is 2.74. The van der Waals surface area contributed by atoms with Gasteiger partial charge in [-0.05, 0) is 37.5 Å². The van der Waals surface area contributed by atoms with Gasteiger partial charge in [0.25, 0.3) is 0 Å². The third kappa shape index (κ3) is 2.32. The van der Waals surface area contributed by atoms with Gasteiger partial charge in [0.05, 0.1) is 6.61 Å². The van der Waals surface area contributed by atoms with Crippen LogP contribution in [0, 0.1) is 0 Å². The smallest absolute Gasteiger partial charge is 0.155 e. The van der Waals surface area contributed by atoms with Gasteiger partial charge in [0, 0.05) is 12.0 Å². The average molecular weight is 216 g/mol. The van der Waals surface area contributed by atoms with Crippen LogP contribution in [0.3, 0.4) is 0 Å². The highest BCUT2D eigenvalue weighted by atomic mass is 16.5. The van der Waals surface area contributed by atoms with Gasteiger partial charge >= 0.3 is 0 Å². The number of para-hydroxylation sites is 1. The van der Waals surface area contributed by atoms with E-state index in [1.807, 2.05) is 31.2 Å². The summed E-state index contributed by atoms with van der Waals surface area (Å²) in [4.78, 5) is 11.4. The molecule has 0 atom stereocenters. The highest BCUT2D eigenvalue weighted by molar-refractivity contribution is 5.98. The Morgan fingerprint density at radius 1 is 1.25 bits per heavy atom. The Kier molecular flexibility index (Phi) is 3.40. The maximum atomic E-state index is 11.4. The fraction of sp³-hybridized carbons (Fsp3) is 0.357. The first kappa shape index (κ1) is 10.9. The largest absolute Gasteiger partial charge is 0.493 e. The molecule has 16 heavy (non-hydrogen) atoms. The number of hydrogen-bond acceptors (Lipinski definition) is 2. The number of rotatable bonds is 3. The molecule has 0 aliphatic heterocycles. The zero-order valence-corrected chi connectivity index (χ0v) is 9.53. The van der Waals surface area contributed by atoms with E-state index in [1.165, 1.54) is 0 Å². The van der Waals surface area contributed by atoms with Gasteiger partial charge in [-0.3, -0.25) is 4.79 Å². The number of allylic oxidation sites excluding steroid dienone is 2. The fourth-order valence-corrected chi connectivity index (χ4v) is 2.02. The predicted octanol–water partition coefficient (Wildman–Crippen LogP) is 3.22.